The summed E-state index contributed by atoms with van der Waals surface area (Å²) in [6.07, 6.45) is 5.81. The molecule has 3 aliphatic rings. The highest BCUT2D eigenvalue weighted by atomic mass is 16.5. The van der Waals surface area contributed by atoms with Gasteiger partial charge in [0.25, 0.3) is 5.91 Å². The molecule has 3 fully saturated rings. The van der Waals surface area contributed by atoms with E-state index in [4.69, 9.17) is 4.74 Å². The molecule has 8 nitrogen and oxygen atoms in total. The summed E-state index contributed by atoms with van der Waals surface area (Å²) >= 11 is 0. The molecule has 1 aliphatic heterocycles. The van der Waals surface area contributed by atoms with E-state index in [1.807, 2.05) is 18.2 Å². The summed E-state index contributed by atoms with van der Waals surface area (Å²) in [6.45, 7) is 4.39. The van der Waals surface area contributed by atoms with Gasteiger partial charge in [-0.25, -0.2) is 0 Å². The van der Waals surface area contributed by atoms with Crippen LogP contribution < -0.4 is 10.1 Å². The normalized spacial score (nSPS) is 27.8. The fourth-order valence-corrected chi connectivity index (χ4v) is 6.99. The van der Waals surface area contributed by atoms with Gasteiger partial charge in [-0.2, -0.15) is 0 Å². The third-order valence-electron chi connectivity index (χ3n) is 9.08. The number of likely N-dealkylation sites (tertiary alicyclic amines) is 1. The zero-order chi connectivity index (χ0) is 27.0. The van der Waals surface area contributed by atoms with Gasteiger partial charge in [0.05, 0.1) is 13.2 Å². The van der Waals surface area contributed by atoms with E-state index in [1.165, 1.54) is 0 Å². The van der Waals surface area contributed by atoms with E-state index in [0.29, 0.717) is 43.2 Å². The number of Topliss-reactive ketones (excluding diaryl/α,β-unsaturated/α-hetero) is 2. The molecule has 0 radical (unpaired) electrons. The lowest BCUT2D eigenvalue weighted by Gasteiger charge is -2.31. The number of methoxy groups -OCH3 is 1. The van der Waals surface area contributed by atoms with E-state index in [2.05, 4.69) is 17.2 Å². The molecule has 2 amide bonds. The molecule has 204 valence electrons. The lowest BCUT2D eigenvalue weighted by Crippen LogP contribution is -2.53. The largest absolute Gasteiger partial charge is 0.496 e. The number of nitrogens with zero attached hydrogens (tertiary/aromatic N) is 1. The fraction of sp³-hybridized carbons (Fsp3) is 0.600. The van der Waals surface area contributed by atoms with Gasteiger partial charge in [-0.1, -0.05) is 26.3 Å². The number of rotatable bonds is 8. The van der Waals surface area contributed by atoms with Crippen LogP contribution >= 0.6 is 0 Å². The van der Waals surface area contributed by atoms with Gasteiger partial charge in [-0.15, -0.1) is 0 Å². The van der Waals surface area contributed by atoms with Crippen LogP contribution in [0.3, 0.4) is 0 Å². The van der Waals surface area contributed by atoms with Crippen LogP contribution in [0.2, 0.25) is 0 Å². The minimum absolute atomic E-state index is 0.0636. The van der Waals surface area contributed by atoms with Crippen LogP contribution in [0.4, 0.5) is 0 Å². The zero-order valence-electron chi connectivity index (χ0n) is 22.6. The highest BCUT2D eigenvalue weighted by Gasteiger charge is 2.50. The molecule has 2 aliphatic carbocycles. The Morgan fingerprint density at radius 3 is 2.74 bits per heavy atom. The standard InChI is InChI=1S/C30H39N3O5/c1-4-25(34)23(14-18-12-11-17(2)13-26(18)35)32-29(36)28-20-8-5-7-19(20)16-33(28)30(37)24-15-21-22(31-24)9-6-10-27(21)38-3/h6,9-10,15,17-20,23,28,31H,4-5,7-8,11-14,16H2,1-3H3,(H,32,36)/t17-,18+,19+,20+,23+,28+/m1/s1. The number of carbonyl (C=O) groups excluding carboxylic acids is 4. The molecule has 2 aromatic rings. The van der Waals surface area contributed by atoms with Gasteiger partial charge in [0.2, 0.25) is 5.91 Å². The number of carbonyl (C=O) groups is 4. The second-order valence-electron chi connectivity index (χ2n) is 11.5. The summed E-state index contributed by atoms with van der Waals surface area (Å²) in [5.41, 5.74) is 1.22. The molecule has 0 unspecified atom stereocenters. The fourth-order valence-electron chi connectivity index (χ4n) is 6.99. The molecule has 0 bridgehead atoms. The van der Waals surface area contributed by atoms with Gasteiger partial charge in [-0.05, 0) is 68.1 Å². The Labute approximate surface area is 223 Å². The summed E-state index contributed by atoms with van der Waals surface area (Å²) in [4.78, 5) is 58.1. The average molecular weight is 522 g/mol. The van der Waals surface area contributed by atoms with E-state index in [-0.39, 0.29) is 41.1 Å². The molecule has 5 rings (SSSR count). The maximum absolute atomic E-state index is 13.8. The van der Waals surface area contributed by atoms with Crippen molar-refractivity contribution in [2.75, 3.05) is 13.7 Å². The zero-order valence-corrected chi connectivity index (χ0v) is 22.6. The number of H-pyrrole nitrogens is 1. The average Bonchev–Trinajstić information content (AvgIpc) is 3.62. The van der Waals surface area contributed by atoms with Crippen molar-refractivity contribution < 1.29 is 23.9 Å². The molecule has 0 spiro atoms. The van der Waals surface area contributed by atoms with Crippen LogP contribution in [0.1, 0.15) is 75.7 Å². The van der Waals surface area contributed by atoms with Crippen molar-refractivity contribution in [1.82, 2.24) is 15.2 Å². The topological polar surface area (TPSA) is 109 Å². The van der Waals surface area contributed by atoms with Crippen LogP contribution in [-0.2, 0) is 14.4 Å². The SMILES string of the molecule is CCC(=O)[C@H](C[C@@H]1CC[C@@H](C)CC1=O)NC(=O)[C@@H]1[C@H]2CCC[C@H]2CN1C(=O)c1cc2c(OC)cccc2[nH]1. The third-order valence-corrected chi connectivity index (χ3v) is 9.08. The maximum atomic E-state index is 13.8. The Hall–Kier alpha value is -3.16. The number of ether oxygens (including phenoxy) is 1. The Kier molecular flexibility index (Phi) is 7.59. The molecule has 2 heterocycles. The number of aromatic amines is 1. The number of nitrogens with one attached hydrogen (secondary N) is 2. The predicted molar refractivity (Wildman–Crippen MR) is 144 cm³/mol. The molecule has 2 N–H and O–H groups in total. The Balaban J connectivity index is 1.37. The molecule has 1 aromatic heterocycles. The number of fused-ring (bicyclic) bond motifs is 2. The van der Waals surface area contributed by atoms with Crippen molar-refractivity contribution in [1.29, 1.82) is 0 Å². The van der Waals surface area contributed by atoms with Gasteiger partial charge in [0.15, 0.2) is 5.78 Å². The lowest BCUT2D eigenvalue weighted by atomic mass is 9.78. The first-order valence-corrected chi connectivity index (χ1v) is 14.1. The number of benzene rings is 1. The van der Waals surface area contributed by atoms with Crippen LogP contribution in [0.25, 0.3) is 10.9 Å². The van der Waals surface area contributed by atoms with Crippen molar-refractivity contribution in [3.8, 4) is 5.75 Å². The monoisotopic (exact) mass is 521 g/mol. The van der Waals surface area contributed by atoms with E-state index in [9.17, 15) is 19.2 Å². The molecule has 38 heavy (non-hydrogen) atoms. The molecular weight excluding hydrogens is 482 g/mol. The minimum Gasteiger partial charge on any atom is -0.496 e. The lowest BCUT2D eigenvalue weighted by molar-refractivity contribution is -0.132. The highest BCUT2D eigenvalue weighted by molar-refractivity contribution is 6.02. The Bertz CT molecular complexity index is 1240. The van der Waals surface area contributed by atoms with E-state index >= 15 is 0 Å². The van der Waals surface area contributed by atoms with Crippen LogP contribution in [0, 0.1) is 23.7 Å². The van der Waals surface area contributed by atoms with Crippen LogP contribution in [0.5, 0.6) is 5.75 Å². The second-order valence-corrected chi connectivity index (χ2v) is 11.5. The third kappa shape index (κ3) is 4.97. The van der Waals surface area contributed by atoms with E-state index < -0.39 is 12.1 Å². The van der Waals surface area contributed by atoms with Gasteiger partial charge >= 0.3 is 0 Å². The van der Waals surface area contributed by atoms with Crippen LogP contribution in [0.15, 0.2) is 24.3 Å². The molecular formula is C30H39N3O5. The van der Waals surface area contributed by atoms with Crippen LogP contribution in [-0.4, -0.2) is 59.0 Å². The molecule has 1 saturated heterocycles. The minimum atomic E-state index is -0.704. The summed E-state index contributed by atoms with van der Waals surface area (Å²) in [5.74, 6) is 0.837. The number of aromatic nitrogens is 1. The molecule has 6 atom stereocenters. The van der Waals surface area contributed by atoms with Crippen molar-refractivity contribution in [2.24, 2.45) is 23.7 Å². The predicted octanol–water partition coefficient (Wildman–Crippen LogP) is 4.28. The van der Waals surface area contributed by atoms with Crippen molar-refractivity contribution in [2.45, 2.75) is 77.3 Å². The van der Waals surface area contributed by atoms with Crippen molar-refractivity contribution in [3.05, 3.63) is 30.0 Å². The van der Waals surface area contributed by atoms with Gasteiger partial charge in [-0.3, -0.25) is 19.2 Å². The Morgan fingerprint density at radius 2 is 2.00 bits per heavy atom. The molecule has 2 saturated carbocycles. The van der Waals surface area contributed by atoms with E-state index in [0.717, 1.165) is 43.0 Å². The highest BCUT2D eigenvalue weighted by Crippen LogP contribution is 2.43. The summed E-state index contributed by atoms with van der Waals surface area (Å²) in [6, 6.07) is 6.07. The number of hydrogen-bond donors (Lipinski definition) is 2. The molecule has 1 aromatic carbocycles. The smallest absolute Gasteiger partial charge is 0.271 e. The summed E-state index contributed by atoms with van der Waals surface area (Å²) in [5, 5.41) is 3.84. The first kappa shape index (κ1) is 26.4. The number of ketones is 2. The Morgan fingerprint density at radius 1 is 1.18 bits per heavy atom. The number of amides is 2. The first-order valence-electron chi connectivity index (χ1n) is 14.1. The maximum Gasteiger partial charge on any atom is 0.271 e. The first-order chi connectivity index (χ1) is 18.3. The summed E-state index contributed by atoms with van der Waals surface area (Å²) in [7, 11) is 1.60. The number of hydrogen-bond acceptors (Lipinski definition) is 5. The van der Waals surface area contributed by atoms with Gasteiger partial charge in [0.1, 0.15) is 23.3 Å². The van der Waals surface area contributed by atoms with E-state index in [1.54, 1.807) is 25.0 Å². The quantitative estimate of drug-likeness (QED) is 0.539. The van der Waals surface area contributed by atoms with Gasteiger partial charge in [0, 0.05) is 36.2 Å². The van der Waals surface area contributed by atoms with Crippen molar-refractivity contribution >= 4 is 34.3 Å². The second kappa shape index (κ2) is 10.9. The molecule has 8 heteroatoms. The summed E-state index contributed by atoms with van der Waals surface area (Å²) < 4.78 is 5.45. The van der Waals surface area contributed by atoms with Gasteiger partial charge < -0.3 is 19.9 Å². The van der Waals surface area contributed by atoms with Crippen molar-refractivity contribution in [3.63, 3.8) is 0 Å².